The smallest absolute Gasteiger partial charge is 0.266 e. The van der Waals surface area contributed by atoms with Gasteiger partial charge in [0.15, 0.2) is 0 Å². The Morgan fingerprint density at radius 1 is 1.05 bits per heavy atom. The number of rotatable bonds is 6. The lowest BCUT2D eigenvalue weighted by molar-refractivity contribution is -0.123. The Kier molecular flexibility index (Phi) is 7.83. The maximum Gasteiger partial charge on any atom is 0.266 e. The molecular weight excluding hydrogens is 549 g/mol. The lowest BCUT2D eigenvalue weighted by Gasteiger charge is -2.34. The van der Waals surface area contributed by atoms with Crippen molar-refractivity contribution in [2.24, 2.45) is 11.8 Å². The van der Waals surface area contributed by atoms with Crippen molar-refractivity contribution >= 4 is 50.3 Å². The van der Waals surface area contributed by atoms with Gasteiger partial charge in [0.25, 0.3) is 5.91 Å². The van der Waals surface area contributed by atoms with E-state index < -0.39 is 10.0 Å². The predicted octanol–water partition coefficient (Wildman–Crippen LogP) is 5.82. The standard InChI is InChI=1S/C29H32N4O3S3/c1-19(2)33-28(34)26(38-29(33)37)15-23-18-32(24-10-6-5-7-11-24)30-27(23)22-9-8-12-25(14-22)39(35,36)31-16-20(3)13-21(4)17-31/h5-12,14-15,18-21H,13,16-17H2,1-4H3. The first-order chi connectivity index (χ1) is 18.5. The highest BCUT2D eigenvalue weighted by Gasteiger charge is 2.35. The monoisotopic (exact) mass is 580 g/mol. The molecule has 2 aliphatic heterocycles. The first kappa shape index (κ1) is 27.8. The van der Waals surface area contributed by atoms with E-state index in [4.69, 9.17) is 17.3 Å². The SMILES string of the molecule is CC1CC(C)CN(S(=O)(=O)c2cccc(-c3nn(-c4ccccc4)cc3C=C3SC(=S)N(C(C)C)C3=O)c2)C1. The van der Waals surface area contributed by atoms with Crippen molar-refractivity contribution in [3.8, 4) is 16.9 Å². The minimum absolute atomic E-state index is 0.0444. The molecule has 10 heteroatoms. The highest BCUT2D eigenvalue weighted by atomic mass is 32.2. The molecule has 2 unspecified atom stereocenters. The highest BCUT2D eigenvalue weighted by Crippen LogP contribution is 2.36. The second kappa shape index (κ2) is 11.0. The Balaban J connectivity index is 1.58. The normalized spacial score (nSPS) is 21.9. The van der Waals surface area contributed by atoms with Crippen molar-refractivity contribution in [1.29, 1.82) is 0 Å². The molecule has 0 N–H and O–H groups in total. The van der Waals surface area contributed by atoms with Crippen LogP contribution in [0.25, 0.3) is 23.0 Å². The van der Waals surface area contributed by atoms with Gasteiger partial charge >= 0.3 is 0 Å². The van der Waals surface area contributed by atoms with Gasteiger partial charge in [-0.15, -0.1) is 0 Å². The van der Waals surface area contributed by atoms with E-state index >= 15 is 0 Å². The first-order valence-electron chi connectivity index (χ1n) is 13.1. The molecule has 3 aromatic rings. The zero-order valence-electron chi connectivity index (χ0n) is 22.4. The quantitative estimate of drug-likeness (QED) is 0.270. The Morgan fingerprint density at radius 2 is 1.74 bits per heavy atom. The average Bonchev–Trinajstić information content (AvgIpc) is 3.44. The topological polar surface area (TPSA) is 75.5 Å². The van der Waals surface area contributed by atoms with Gasteiger partial charge < -0.3 is 0 Å². The molecule has 0 bridgehead atoms. The van der Waals surface area contributed by atoms with E-state index in [-0.39, 0.29) is 16.8 Å². The lowest BCUT2D eigenvalue weighted by Crippen LogP contribution is -2.42. The van der Waals surface area contributed by atoms with Crippen molar-refractivity contribution in [1.82, 2.24) is 19.0 Å². The number of sulfonamides is 1. The van der Waals surface area contributed by atoms with Gasteiger partial charge in [-0.3, -0.25) is 9.69 Å². The van der Waals surface area contributed by atoms with Gasteiger partial charge in [-0.2, -0.15) is 9.40 Å². The first-order valence-corrected chi connectivity index (χ1v) is 15.7. The fourth-order valence-electron chi connectivity index (χ4n) is 5.25. The molecule has 0 saturated carbocycles. The third-order valence-corrected chi connectivity index (χ3v) is 10.1. The van der Waals surface area contributed by atoms with Crippen LogP contribution in [0, 0.1) is 11.8 Å². The Bertz CT molecular complexity index is 1540. The molecule has 0 aliphatic carbocycles. The van der Waals surface area contributed by atoms with Crippen LogP contribution >= 0.6 is 24.0 Å². The Hall–Kier alpha value is -2.79. The number of nitrogens with zero attached hydrogens (tertiary/aromatic N) is 4. The van der Waals surface area contributed by atoms with E-state index in [0.29, 0.717) is 51.0 Å². The molecule has 1 aromatic heterocycles. The van der Waals surface area contributed by atoms with Gasteiger partial charge in [0.2, 0.25) is 10.0 Å². The summed E-state index contributed by atoms with van der Waals surface area (Å²) in [5.74, 6) is 0.483. The molecule has 3 heterocycles. The van der Waals surface area contributed by atoms with Gasteiger partial charge in [-0.05, 0) is 62.4 Å². The van der Waals surface area contributed by atoms with Gasteiger partial charge in [0, 0.05) is 36.5 Å². The van der Waals surface area contributed by atoms with Crippen molar-refractivity contribution in [3.63, 3.8) is 0 Å². The van der Waals surface area contributed by atoms with E-state index in [1.54, 1.807) is 38.2 Å². The van der Waals surface area contributed by atoms with Gasteiger partial charge in [0.1, 0.15) is 10.0 Å². The molecule has 2 saturated heterocycles. The minimum atomic E-state index is -3.67. The number of carbonyl (C=O) groups is 1. The van der Waals surface area contributed by atoms with Crippen molar-refractivity contribution in [3.05, 3.63) is 71.3 Å². The number of aromatic nitrogens is 2. The Morgan fingerprint density at radius 3 is 2.38 bits per heavy atom. The van der Waals surface area contributed by atoms with Gasteiger partial charge in [0.05, 0.1) is 15.5 Å². The van der Waals surface area contributed by atoms with Crippen LogP contribution in [0.5, 0.6) is 0 Å². The minimum Gasteiger partial charge on any atom is -0.290 e. The zero-order chi connectivity index (χ0) is 27.9. The third kappa shape index (κ3) is 5.61. The summed E-state index contributed by atoms with van der Waals surface area (Å²) in [7, 11) is -3.67. The average molecular weight is 581 g/mol. The number of hydrogen-bond acceptors (Lipinski definition) is 6. The predicted molar refractivity (Wildman–Crippen MR) is 161 cm³/mol. The van der Waals surface area contributed by atoms with Crippen LogP contribution in [0.15, 0.2) is 70.6 Å². The summed E-state index contributed by atoms with van der Waals surface area (Å²) in [6.07, 6.45) is 4.69. The van der Waals surface area contributed by atoms with Crippen molar-refractivity contribution in [2.45, 2.75) is 45.1 Å². The maximum atomic E-state index is 13.7. The van der Waals surface area contributed by atoms with Crippen molar-refractivity contribution < 1.29 is 13.2 Å². The fraction of sp³-hybridized carbons (Fsp3) is 0.345. The number of hydrogen-bond donors (Lipinski definition) is 0. The molecule has 0 spiro atoms. The second-order valence-electron chi connectivity index (χ2n) is 10.7. The molecule has 7 nitrogen and oxygen atoms in total. The number of thioether (sulfide) groups is 1. The molecule has 1 amide bonds. The molecule has 0 radical (unpaired) electrons. The number of amides is 1. The van der Waals surface area contributed by atoms with Gasteiger partial charge in [-0.1, -0.05) is 68.2 Å². The Labute approximate surface area is 239 Å². The number of benzene rings is 2. The summed E-state index contributed by atoms with van der Waals surface area (Å²) in [5, 5.41) is 4.85. The van der Waals surface area contributed by atoms with Crippen LogP contribution in [0.2, 0.25) is 0 Å². The highest BCUT2D eigenvalue weighted by molar-refractivity contribution is 8.26. The number of piperidine rings is 1. The van der Waals surface area contributed by atoms with E-state index in [0.717, 1.165) is 12.1 Å². The molecule has 2 atom stereocenters. The third-order valence-electron chi connectivity index (χ3n) is 6.97. The van der Waals surface area contributed by atoms with Crippen LogP contribution in [0.4, 0.5) is 0 Å². The summed E-state index contributed by atoms with van der Waals surface area (Å²) >= 11 is 6.74. The molecule has 39 heavy (non-hydrogen) atoms. The molecule has 204 valence electrons. The van der Waals surface area contributed by atoms with Crippen LogP contribution in [0.3, 0.4) is 0 Å². The van der Waals surface area contributed by atoms with Crippen molar-refractivity contribution in [2.75, 3.05) is 13.1 Å². The summed E-state index contributed by atoms with van der Waals surface area (Å²) in [6, 6.07) is 16.6. The van der Waals surface area contributed by atoms with Crippen LogP contribution in [-0.4, -0.2) is 56.8 Å². The van der Waals surface area contributed by atoms with E-state index in [1.807, 2.05) is 56.4 Å². The number of para-hydroxylation sites is 1. The molecule has 2 aromatic carbocycles. The molecule has 5 rings (SSSR count). The fourth-order valence-corrected chi connectivity index (χ4v) is 8.49. The summed E-state index contributed by atoms with van der Waals surface area (Å²) in [4.78, 5) is 15.5. The number of thiocarbonyl (C=S) groups is 1. The van der Waals surface area contributed by atoms with Gasteiger partial charge in [-0.25, -0.2) is 13.1 Å². The summed E-state index contributed by atoms with van der Waals surface area (Å²) < 4.78 is 31.2. The molecule has 2 fully saturated rings. The maximum absolute atomic E-state index is 13.7. The van der Waals surface area contributed by atoms with E-state index in [2.05, 4.69) is 13.8 Å². The number of carbonyl (C=O) groups excluding carboxylic acids is 1. The van der Waals surface area contributed by atoms with E-state index in [1.165, 1.54) is 11.8 Å². The van der Waals surface area contributed by atoms with Crippen LogP contribution in [-0.2, 0) is 14.8 Å². The molecular formula is C29H32N4O3S3. The lowest BCUT2D eigenvalue weighted by atomic mass is 9.94. The second-order valence-corrected chi connectivity index (χ2v) is 14.3. The largest absolute Gasteiger partial charge is 0.290 e. The zero-order valence-corrected chi connectivity index (χ0v) is 24.9. The summed E-state index contributed by atoms with van der Waals surface area (Å²) in [5.41, 5.74) is 2.81. The molecule has 2 aliphatic rings. The van der Waals surface area contributed by atoms with E-state index in [9.17, 15) is 13.2 Å². The van der Waals surface area contributed by atoms with Crippen LogP contribution in [0.1, 0.15) is 39.7 Å². The summed E-state index contributed by atoms with van der Waals surface area (Å²) in [6.45, 7) is 9.09. The van der Waals surface area contributed by atoms with Crippen LogP contribution < -0.4 is 0 Å².